The van der Waals surface area contributed by atoms with E-state index in [0.717, 1.165) is 0 Å². The van der Waals surface area contributed by atoms with Crippen molar-refractivity contribution in [2.75, 3.05) is 13.7 Å². The van der Waals surface area contributed by atoms with Gasteiger partial charge in [-0.3, -0.25) is 9.59 Å². The first kappa shape index (κ1) is 16.9. The summed E-state index contributed by atoms with van der Waals surface area (Å²) >= 11 is 0. The molecule has 0 aliphatic carbocycles. The van der Waals surface area contributed by atoms with Gasteiger partial charge in [0.05, 0.1) is 17.4 Å². The Balaban J connectivity index is 4.46. The molecule has 0 saturated heterocycles. The number of carboxylic acids is 1. The van der Waals surface area contributed by atoms with E-state index < -0.39 is 17.0 Å². The smallest absolute Gasteiger partial charge is 0.311 e. The molecule has 5 heteroatoms. The number of carbonyl (C=O) groups excluding carboxylic acids is 1. The van der Waals surface area contributed by atoms with Crippen molar-refractivity contribution in [1.29, 1.82) is 0 Å². The summed E-state index contributed by atoms with van der Waals surface area (Å²) in [5.41, 5.74) is -1.40. The van der Waals surface area contributed by atoms with Gasteiger partial charge >= 0.3 is 5.97 Å². The number of amides is 1. The maximum Gasteiger partial charge on any atom is 0.311 e. The zero-order valence-corrected chi connectivity index (χ0v) is 12.0. The molecule has 2 N–H and O–H groups in total. The van der Waals surface area contributed by atoms with Gasteiger partial charge in [-0.2, -0.15) is 0 Å². The van der Waals surface area contributed by atoms with Crippen LogP contribution < -0.4 is 5.32 Å². The van der Waals surface area contributed by atoms with Crippen LogP contribution in [0.3, 0.4) is 0 Å². The van der Waals surface area contributed by atoms with Gasteiger partial charge < -0.3 is 15.2 Å². The normalized spacial score (nSPS) is 12.3. The Hall–Kier alpha value is -1.10. The molecule has 0 bridgehead atoms. The van der Waals surface area contributed by atoms with Crippen molar-refractivity contribution in [1.82, 2.24) is 5.32 Å². The second-order valence-corrected chi connectivity index (χ2v) is 5.21. The minimum atomic E-state index is -0.868. The molecule has 0 aromatic rings. The van der Waals surface area contributed by atoms with Crippen LogP contribution in [0.4, 0.5) is 0 Å². The summed E-state index contributed by atoms with van der Waals surface area (Å²) in [7, 11) is 1.55. The lowest BCUT2D eigenvalue weighted by Crippen LogP contribution is -2.44. The maximum absolute atomic E-state index is 11.7. The highest BCUT2D eigenvalue weighted by Crippen LogP contribution is 2.25. The van der Waals surface area contributed by atoms with Gasteiger partial charge in [0.2, 0.25) is 5.91 Å². The van der Waals surface area contributed by atoms with Gasteiger partial charge in [0.25, 0.3) is 0 Å². The molecule has 0 saturated carbocycles. The molecule has 0 fully saturated rings. The molecule has 0 rings (SSSR count). The van der Waals surface area contributed by atoms with E-state index in [0.29, 0.717) is 12.8 Å². The van der Waals surface area contributed by atoms with Crippen molar-refractivity contribution in [3.05, 3.63) is 0 Å². The second-order valence-electron chi connectivity index (χ2n) is 5.21. The predicted molar refractivity (Wildman–Crippen MR) is 69.4 cm³/mol. The molecule has 0 atom stereocenters. The zero-order valence-electron chi connectivity index (χ0n) is 12.0. The molecule has 1 amide bonds. The Morgan fingerprint density at radius 1 is 1.22 bits per heavy atom. The number of hydrogen-bond acceptors (Lipinski definition) is 3. The van der Waals surface area contributed by atoms with E-state index in [4.69, 9.17) is 4.74 Å². The molecule has 5 nitrogen and oxygen atoms in total. The van der Waals surface area contributed by atoms with Gasteiger partial charge in [-0.1, -0.05) is 13.8 Å². The number of carboxylic acid groups (broad SMARTS) is 1. The molecule has 18 heavy (non-hydrogen) atoms. The van der Waals surface area contributed by atoms with Gasteiger partial charge in [0, 0.05) is 13.7 Å². The summed E-state index contributed by atoms with van der Waals surface area (Å²) in [5, 5.41) is 11.9. The molecule has 0 aromatic carbocycles. The third-order valence-corrected chi connectivity index (χ3v) is 3.57. The Bertz CT molecular complexity index is 295. The van der Waals surface area contributed by atoms with Crippen LogP contribution in [0.2, 0.25) is 0 Å². The number of rotatable bonds is 8. The molecular formula is C13H25NO4. The van der Waals surface area contributed by atoms with Crippen LogP contribution in [0.5, 0.6) is 0 Å². The van der Waals surface area contributed by atoms with Crippen LogP contribution >= 0.6 is 0 Å². The lowest BCUT2D eigenvalue weighted by Gasteiger charge is -2.28. The lowest BCUT2D eigenvalue weighted by atomic mass is 9.82. The van der Waals surface area contributed by atoms with E-state index in [1.807, 2.05) is 27.7 Å². The molecule has 0 aliphatic rings. The quantitative estimate of drug-likeness (QED) is 0.697. The third-order valence-electron chi connectivity index (χ3n) is 3.57. The van der Waals surface area contributed by atoms with Crippen molar-refractivity contribution < 1.29 is 19.4 Å². The lowest BCUT2D eigenvalue weighted by molar-refractivity contribution is -0.149. The molecule has 0 spiro atoms. The first-order valence-corrected chi connectivity index (χ1v) is 6.28. The second kappa shape index (κ2) is 6.73. The van der Waals surface area contributed by atoms with Crippen molar-refractivity contribution in [2.24, 2.45) is 5.41 Å². The third kappa shape index (κ3) is 4.64. The van der Waals surface area contributed by atoms with Crippen LogP contribution in [-0.4, -0.2) is 36.2 Å². The highest BCUT2D eigenvalue weighted by Gasteiger charge is 2.35. The average Bonchev–Trinajstić information content (AvgIpc) is 2.30. The Morgan fingerprint density at radius 3 is 2.06 bits per heavy atom. The fourth-order valence-corrected chi connectivity index (χ4v) is 1.67. The SMILES string of the molecule is CCC(CC)(CNC(=O)CC(C)(C)OC)C(=O)O. The Labute approximate surface area is 109 Å². The first-order valence-electron chi connectivity index (χ1n) is 6.28. The van der Waals surface area contributed by atoms with E-state index in [1.165, 1.54) is 0 Å². The van der Waals surface area contributed by atoms with Gasteiger partial charge in [0.1, 0.15) is 0 Å². The predicted octanol–water partition coefficient (Wildman–Crippen LogP) is 1.81. The van der Waals surface area contributed by atoms with Crippen molar-refractivity contribution in [3.8, 4) is 0 Å². The summed E-state index contributed by atoms with van der Waals surface area (Å²) in [6.45, 7) is 7.44. The minimum absolute atomic E-state index is 0.161. The van der Waals surface area contributed by atoms with Crippen LogP contribution in [0.25, 0.3) is 0 Å². The summed E-state index contributed by atoms with van der Waals surface area (Å²) in [6, 6.07) is 0. The van der Waals surface area contributed by atoms with Crippen LogP contribution in [0, 0.1) is 5.41 Å². The van der Waals surface area contributed by atoms with Crippen molar-refractivity contribution in [3.63, 3.8) is 0 Å². The number of aliphatic carboxylic acids is 1. The van der Waals surface area contributed by atoms with Gasteiger partial charge in [-0.25, -0.2) is 0 Å². The number of methoxy groups -OCH3 is 1. The fourth-order valence-electron chi connectivity index (χ4n) is 1.67. The van der Waals surface area contributed by atoms with E-state index in [-0.39, 0.29) is 18.9 Å². The molecule has 0 heterocycles. The standard InChI is InChI=1S/C13H25NO4/c1-6-13(7-2,11(16)17)9-14-10(15)8-12(3,4)18-5/h6-9H2,1-5H3,(H,14,15)(H,16,17). The molecule has 0 aliphatic heterocycles. The average molecular weight is 259 g/mol. The number of carbonyl (C=O) groups is 2. The molecule has 0 radical (unpaired) electrons. The Morgan fingerprint density at radius 2 is 1.72 bits per heavy atom. The molecule has 106 valence electrons. The largest absolute Gasteiger partial charge is 0.481 e. The fraction of sp³-hybridized carbons (Fsp3) is 0.846. The highest BCUT2D eigenvalue weighted by molar-refractivity contribution is 5.79. The van der Waals surface area contributed by atoms with Gasteiger partial charge in [-0.05, 0) is 26.7 Å². The van der Waals surface area contributed by atoms with Crippen LogP contribution in [0.1, 0.15) is 47.0 Å². The summed E-state index contributed by atoms with van der Waals surface area (Å²) < 4.78 is 5.16. The minimum Gasteiger partial charge on any atom is -0.481 e. The number of ether oxygens (including phenoxy) is 1. The van der Waals surface area contributed by atoms with Crippen LogP contribution in [0.15, 0.2) is 0 Å². The van der Waals surface area contributed by atoms with Gasteiger partial charge in [0.15, 0.2) is 0 Å². The van der Waals surface area contributed by atoms with Crippen molar-refractivity contribution >= 4 is 11.9 Å². The zero-order chi connectivity index (χ0) is 14.4. The molecular weight excluding hydrogens is 234 g/mol. The van der Waals surface area contributed by atoms with E-state index in [2.05, 4.69) is 5.32 Å². The van der Waals surface area contributed by atoms with Gasteiger partial charge in [-0.15, -0.1) is 0 Å². The van der Waals surface area contributed by atoms with E-state index >= 15 is 0 Å². The number of hydrogen-bond donors (Lipinski definition) is 2. The summed E-state index contributed by atoms with van der Waals surface area (Å²) in [4.78, 5) is 23.0. The summed E-state index contributed by atoms with van der Waals surface area (Å²) in [5.74, 6) is -1.05. The molecule has 0 unspecified atom stereocenters. The number of nitrogens with one attached hydrogen (secondary N) is 1. The first-order chi connectivity index (χ1) is 8.23. The summed E-state index contributed by atoms with van der Waals surface area (Å²) in [6.07, 6.45) is 1.20. The van der Waals surface area contributed by atoms with E-state index in [9.17, 15) is 14.7 Å². The van der Waals surface area contributed by atoms with E-state index in [1.54, 1.807) is 7.11 Å². The monoisotopic (exact) mass is 259 g/mol. The van der Waals surface area contributed by atoms with Crippen LogP contribution in [-0.2, 0) is 14.3 Å². The molecule has 0 aromatic heterocycles. The topological polar surface area (TPSA) is 75.6 Å². The Kier molecular flexibility index (Phi) is 6.32. The maximum atomic E-state index is 11.7. The van der Waals surface area contributed by atoms with Crippen molar-refractivity contribution in [2.45, 2.75) is 52.6 Å². The highest BCUT2D eigenvalue weighted by atomic mass is 16.5.